The van der Waals surface area contributed by atoms with Crippen molar-refractivity contribution in [2.75, 3.05) is 6.61 Å². The molecule has 0 radical (unpaired) electrons. The molecule has 1 aromatic heterocycles. The Morgan fingerprint density at radius 2 is 2.24 bits per heavy atom. The van der Waals surface area contributed by atoms with Gasteiger partial charge in [-0.2, -0.15) is 0 Å². The molecule has 0 amide bonds. The van der Waals surface area contributed by atoms with Gasteiger partial charge in [0, 0.05) is 30.5 Å². The van der Waals surface area contributed by atoms with Gasteiger partial charge in [-0.1, -0.05) is 17.7 Å². The molecule has 3 nitrogen and oxygen atoms in total. The number of aromatic nitrogens is 1. The van der Waals surface area contributed by atoms with Crippen LogP contribution in [0.1, 0.15) is 31.2 Å². The van der Waals surface area contributed by atoms with E-state index in [1.165, 1.54) is 6.42 Å². The summed E-state index contributed by atoms with van der Waals surface area (Å²) in [6.07, 6.45) is 6.05. The molecule has 96 valence electrons. The fraction of sp³-hybridized carbons (Fsp3) is 0.583. The Morgan fingerprint density at radius 3 is 2.76 bits per heavy atom. The highest BCUT2D eigenvalue weighted by molar-refractivity contribution is 6.30. The molecule has 0 spiro atoms. The lowest BCUT2D eigenvalue weighted by Gasteiger charge is -2.42. The van der Waals surface area contributed by atoms with Crippen LogP contribution in [0.2, 0.25) is 5.15 Å². The van der Waals surface area contributed by atoms with Gasteiger partial charge >= 0.3 is 0 Å². The summed E-state index contributed by atoms with van der Waals surface area (Å²) in [5, 5.41) is 13.1. The third-order valence-corrected chi connectivity index (χ3v) is 3.73. The van der Waals surface area contributed by atoms with Crippen molar-refractivity contribution in [3.05, 3.63) is 29.0 Å². The van der Waals surface area contributed by atoms with Crippen LogP contribution in [-0.4, -0.2) is 22.2 Å². The average molecular weight is 277 g/mol. The highest BCUT2D eigenvalue weighted by Crippen LogP contribution is 2.35. The number of aliphatic hydroxyl groups excluding tert-OH is 1. The van der Waals surface area contributed by atoms with Crippen LogP contribution in [0.15, 0.2) is 18.3 Å². The largest absolute Gasteiger partial charge is 0.396 e. The monoisotopic (exact) mass is 276 g/mol. The standard InChI is InChI=1S/C12H17ClN2O.ClH/c13-11-10(3-1-7-14-11)9-15-12(6-8-16)4-2-5-12;/h1,3,7,15-16H,2,4-6,8-9H2;1H. The van der Waals surface area contributed by atoms with E-state index in [0.717, 1.165) is 31.4 Å². The molecule has 1 saturated carbocycles. The molecule has 0 unspecified atom stereocenters. The highest BCUT2D eigenvalue weighted by atomic mass is 35.5. The molecule has 1 aliphatic rings. The van der Waals surface area contributed by atoms with E-state index in [2.05, 4.69) is 10.3 Å². The van der Waals surface area contributed by atoms with Gasteiger partial charge in [-0.25, -0.2) is 4.98 Å². The molecular formula is C12H18Cl2N2O. The van der Waals surface area contributed by atoms with Crippen LogP contribution in [0, 0.1) is 0 Å². The summed E-state index contributed by atoms with van der Waals surface area (Å²) in [6, 6.07) is 3.87. The van der Waals surface area contributed by atoms with Gasteiger partial charge < -0.3 is 10.4 Å². The molecule has 1 aliphatic carbocycles. The number of hydrogen-bond acceptors (Lipinski definition) is 3. The molecule has 17 heavy (non-hydrogen) atoms. The van der Waals surface area contributed by atoms with Crippen molar-refractivity contribution in [2.24, 2.45) is 0 Å². The van der Waals surface area contributed by atoms with Gasteiger partial charge in [0.05, 0.1) is 0 Å². The Labute approximate surface area is 113 Å². The molecule has 0 aromatic carbocycles. The van der Waals surface area contributed by atoms with Crippen LogP contribution in [0.5, 0.6) is 0 Å². The van der Waals surface area contributed by atoms with Gasteiger partial charge in [0.25, 0.3) is 0 Å². The van der Waals surface area contributed by atoms with Gasteiger partial charge in [-0.3, -0.25) is 0 Å². The van der Waals surface area contributed by atoms with Gasteiger partial charge in [0.2, 0.25) is 0 Å². The summed E-state index contributed by atoms with van der Waals surface area (Å²) in [5.74, 6) is 0. The Morgan fingerprint density at radius 1 is 1.47 bits per heavy atom. The number of nitrogens with one attached hydrogen (secondary N) is 1. The third kappa shape index (κ3) is 3.55. The van der Waals surface area contributed by atoms with Crippen LogP contribution >= 0.6 is 24.0 Å². The van der Waals surface area contributed by atoms with E-state index in [9.17, 15) is 0 Å². The number of hydrogen-bond donors (Lipinski definition) is 2. The van der Waals surface area contributed by atoms with Crippen LogP contribution in [0.25, 0.3) is 0 Å². The van der Waals surface area contributed by atoms with Crippen LogP contribution in [0.3, 0.4) is 0 Å². The molecule has 1 fully saturated rings. The molecule has 0 atom stereocenters. The quantitative estimate of drug-likeness (QED) is 0.813. The van der Waals surface area contributed by atoms with Gasteiger partial charge in [0.15, 0.2) is 0 Å². The first-order chi connectivity index (χ1) is 7.76. The second-order valence-electron chi connectivity index (χ2n) is 4.41. The van der Waals surface area contributed by atoms with E-state index in [0.29, 0.717) is 5.15 Å². The zero-order valence-electron chi connectivity index (χ0n) is 9.66. The SMILES string of the molecule is Cl.OCCC1(NCc2cccnc2Cl)CCC1. The van der Waals surface area contributed by atoms with Crippen molar-refractivity contribution in [3.8, 4) is 0 Å². The smallest absolute Gasteiger partial charge is 0.133 e. The number of pyridine rings is 1. The summed E-state index contributed by atoms with van der Waals surface area (Å²) in [7, 11) is 0. The van der Waals surface area contributed by atoms with Gasteiger partial charge in [-0.15, -0.1) is 12.4 Å². The fourth-order valence-corrected chi connectivity index (χ4v) is 2.35. The molecule has 0 bridgehead atoms. The molecular weight excluding hydrogens is 259 g/mol. The summed E-state index contributed by atoms with van der Waals surface area (Å²) in [5.41, 5.74) is 1.15. The number of nitrogens with zero attached hydrogens (tertiary/aromatic N) is 1. The predicted molar refractivity (Wildman–Crippen MR) is 71.6 cm³/mol. The summed E-state index contributed by atoms with van der Waals surface area (Å²) >= 11 is 5.99. The first-order valence-corrected chi connectivity index (χ1v) is 6.09. The minimum Gasteiger partial charge on any atom is -0.396 e. The average Bonchev–Trinajstić information content (AvgIpc) is 2.24. The first-order valence-electron chi connectivity index (χ1n) is 5.71. The van der Waals surface area contributed by atoms with Crippen molar-refractivity contribution < 1.29 is 5.11 Å². The lowest BCUT2D eigenvalue weighted by molar-refractivity contribution is 0.130. The third-order valence-electron chi connectivity index (χ3n) is 3.39. The molecule has 2 rings (SSSR count). The Balaban J connectivity index is 0.00000144. The lowest BCUT2D eigenvalue weighted by atomic mass is 9.74. The predicted octanol–water partition coefficient (Wildman–Crippen LogP) is 2.55. The van der Waals surface area contributed by atoms with Gasteiger partial charge in [0.1, 0.15) is 5.15 Å². The van der Waals surface area contributed by atoms with Crippen molar-refractivity contribution in [1.82, 2.24) is 10.3 Å². The number of halogens is 2. The van der Waals surface area contributed by atoms with Crippen molar-refractivity contribution >= 4 is 24.0 Å². The lowest BCUT2D eigenvalue weighted by Crippen LogP contribution is -2.51. The maximum absolute atomic E-state index is 9.04. The van der Waals surface area contributed by atoms with Crippen LogP contribution in [-0.2, 0) is 6.54 Å². The molecule has 5 heteroatoms. The fourth-order valence-electron chi connectivity index (χ4n) is 2.17. The first kappa shape index (κ1) is 14.7. The van der Waals surface area contributed by atoms with E-state index in [4.69, 9.17) is 16.7 Å². The highest BCUT2D eigenvalue weighted by Gasteiger charge is 2.35. The second-order valence-corrected chi connectivity index (χ2v) is 4.77. The summed E-state index contributed by atoms with van der Waals surface area (Å²) in [6.45, 7) is 0.973. The van der Waals surface area contributed by atoms with E-state index >= 15 is 0 Å². The van der Waals surface area contributed by atoms with Crippen molar-refractivity contribution in [1.29, 1.82) is 0 Å². The maximum atomic E-state index is 9.04. The summed E-state index contributed by atoms with van der Waals surface area (Å²) in [4.78, 5) is 4.05. The van der Waals surface area contributed by atoms with E-state index in [-0.39, 0.29) is 24.6 Å². The Bertz CT molecular complexity index is 356. The van der Waals surface area contributed by atoms with Gasteiger partial charge in [-0.05, 0) is 31.7 Å². The minimum atomic E-state index is 0. The van der Waals surface area contributed by atoms with Crippen LogP contribution < -0.4 is 5.32 Å². The van der Waals surface area contributed by atoms with E-state index in [1.807, 2.05) is 12.1 Å². The number of rotatable bonds is 5. The second kappa shape index (κ2) is 6.55. The maximum Gasteiger partial charge on any atom is 0.133 e. The van der Waals surface area contributed by atoms with Crippen molar-refractivity contribution in [3.63, 3.8) is 0 Å². The minimum absolute atomic E-state index is 0. The molecule has 0 aliphatic heterocycles. The van der Waals surface area contributed by atoms with E-state index < -0.39 is 0 Å². The molecule has 1 heterocycles. The Hall–Kier alpha value is -0.350. The zero-order valence-corrected chi connectivity index (χ0v) is 11.2. The van der Waals surface area contributed by atoms with Crippen molar-refractivity contribution in [2.45, 2.75) is 37.8 Å². The molecule has 0 saturated heterocycles. The number of aliphatic hydroxyl groups is 1. The summed E-state index contributed by atoms with van der Waals surface area (Å²) < 4.78 is 0. The van der Waals surface area contributed by atoms with Crippen LogP contribution in [0.4, 0.5) is 0 Å². The zero-order chi connectivity index (χ0) is 11.4. The Kier molecular flexibility index (Phi) is 5.67. The van der Waals surface area contributed by atoms with E-state index in [1.54, 1.807) is 6.20 Å². The molecule has 2 N–H and O–H groups in total. The normalized spacial score (nSPS) is 17.1. The topological polar surface area (TPSA) is 45.1 Å². The molecule has 1 aromatic rings.